The van der Waals surface area contributed by atoms with Crippen LogP contribution in [0, 0.1) is 40.4 Å². The van der Waals surface area contributed by atoms with E-state index in [9.17, 15) is 0 Å². The molecular weight excluding hydrogens is 560 g/mol. The van der Waals surface area contributed by atoms with E-state index in [1.165, 1.54) is 51.4 Å². The monoisotopic (exact) mass is 637 g/mol. The maximum atomic E-state index is 7.02. The van der Waals surface area contributed by atoms with Gasteiger partial charge in [0.2, 0.25) is 0 Å². The minimum Gasteiger partial charge on any atom is -0.378 e. The van der Waals surface area contributed by atoms with Gasteiger partial charge in [0, 0.05) is 25.2 Å². The first kappa shape index (κ1) is 39.2. The van der Waals surface area contributed by atoms with Crippen LogP contribution < -0.4 is 22.5 Å². The second-order valence-corrected chi connectivity index (χ2v) is 15.6. The third kappa shape index (κ3) is 10.4. The molecule has 0 spiro atoms. The molecular formula is C38H76N4O3. The fraction of sp³-hybridized carbons (Fsp3) is 1.00. The highest BCUT2D eigenvalue weighted by atomic mass is 16.5. The van der Waals surface area contributed by atoms with E-state index < -0.39 is 0 Å². The van der Waals surface area contributed by atoms with Crippen molar-refractivity contribution in [1.29, 1.82) is 0 Å². The van der Waals surface area contributed by atoms with Crippen LogP contribution in [-0.2, 0) is 14.2 Å². The highest BCUT2D eigenvalue weighted by Crippen LogP contribution is 2.66. The molecule has 7 nitrogen and oxygen atoms in total. The fourth-order valence-corrected chi connectivity index (χ4v) is 10.1. The van der Waals surface area contributed by atoms with Crippen molar-refractivity contribution in [3.63, 3.8) is 0 Å². The van der Waals surface area contributed by atoms with Crippen LogP contribution in [0.15, 0.2) is 0 Å². The topological polar surface area (TPSA) is 118 Å². The first-order valence-electron chi connectivity index (χ1n) is 19.5. The summed E-state index contributed by atoms with van der Waals surface area (Å²) >= 11 is 0. The molecule has 3 fully saturated rings. The van der Waals surface area contributed by atoms with E-state index in [-0.39, 0.29) is 23.0 Å². The van der Waals surface area contributed by atoms with Gasteiger partial charge < -0.3 is 36.7 Å². The van der Waals surface area contributed by atoms with Gasteiger partial charge in [0.05, 0.1) is 18.3 Å². The van der Waals surface area contributed by atoms with E-state index >= 15 is 0 Å². The van der Waals surface area contributed by atoms with E-state index in [4.69, 9.17) is 31.4 Å². The molecule has 0 bridgehead atoms. The van der Waals surface area contributed by atoms with Crippen molar-refractivity contribution in [3.8, 4) is 0 Å². The predicted molar refractivity (Wildman–Crippen MR) is 189 cm³/mol. The summed E-state index contributed by atoms with van der Waals surface area (Å²) in [5.74, 6) is 3.14. The van der Waals surface area contributed by atoms with E-state index in [1.807, 2.05) is 0 Å². The van der Waals surface area contributed by atoms with Gasteiger partial charge in [0.25, 0.3) is 0 Å². The van der Waals surface area contributed by atoms with Crippen LogP contribution in [0.4, 0.5) is 0 Å². The van der Waals surface area contributed by atoms with Gasteiger partial charge in [-0.15, -0.1) is 0 Å². The fourth-order valence-electron chi connectivity index (χ4n) is 10.1. The third-order valence-corrected chi connectivity index (χ3v) is 12.7. The third-order valence-electron chi connectivity index (χ3n) is 12.7. The number of rotatable bonds is 23. The molecule has 0 heterocycles. The largest absolute Gasteiger partial charge is 0.378 e. The summed E-state index contributed by atoms with van der Waals surface area (Å²) in [7, 11) is 0. The van der Waals surface area contributed by atoms with Crippen molar-refractivity contribution in [3.05, 3.63) is 0 Å². The summed E-state index contributed by atoms with van der Waals surface area (Å²) in [5, 5.41) is 3.68. The summed E-state index contributed by atoms with van der Waals surface area (Å²) in [6.07, 6.45) is 18.5. The lowest BCUT2D eigenvalue weighted by molar-refractivity contribution is -0.191. The summed E-state index contributed by atoms with van der Waals surface area (Å²) in [4.78, 5) is 0. The second-order valence-electron chi connectivity index (χ2n) is 15.6. The molecule has 8 atom stereocenters. The zero-order chi connectivity index (χ0) is 32.7. The smallest absolute Gasteiger partial charge is 0.0637 e. The van der Waals surface area contributed by atoms with Gasteiger partial charge in [-0.3, -0.25) is 0 Å². The van der Waals surface area contributed by atoms with Crippen molar-refractivity contribution >= 4 is 0 Å². The van der Waals surface area contributed by atoms with Crippen LogP contribution in [0.5, 0.6) is 0 Å². The van der Waals surface area contributed by atoms with Crippen LogP contribution in [0.3, 0.4) is 0 Å². The molecule has 7 heteroatoms. The highest BCUT2D eigenvalue weighted by molar-refractivity contribution is 5.12. The van der Waals surface area contributed by atoms with E-state index in [1.54, 1.807) is 0 Å². The molecule has 3 aliphatic rings. The quantitative estimate of drug-likeness (QED) is 0.0928. The highest BCUT2D eigenvalue weighted by Gasteiger charge is 2.63. The van der Waals surface area contributed by atoms with Gasteiger partial charge in [0.15, 0.2) is 0 Å². The number of ether oxygens (including phenoxy) is 3. The minimum atomic E-state index is 0.161. The Morgan fingerprint density at radius 2 is 1.42 bits per heavy atom. The number of nitrogens with one attached hydrogen (secondary N) is 1. The minimum absolute atomic E-state index is 0.161. The van der Waals surface area contributed by atoms with E-state index in [0.717, 1.165) is 77.9 Å². The van der Waals surface area contributed by atoms with E-state index in [2.05, 4.69) is 39.9 Å². The molecule has 2 unspecified atom stereocenters. The molecule has 3 rings (SSSR count). The van der Waals surface area contributed by atoms with Crippen molar-refractivity contribution < 1.29 is 14.2 Å². The summed E-state index contributed by atoms with van der Waals surface area (Å²) < 4.78 is 20.1. The predicted octanol–water partition coefficient (Wildman–Crippen LogP) is 6.65. The van der Waals surface area contributed by atoms with Gasteiger partial charge in [-0.2, -0.15) is 0 Å². The molecule has 0 aromatic heterocycles. The molecule has 0 radical (unpaired) electrons. The number of hydrogen-bond donors (Lipinski definition) is 4. The Morgan fingerprint density at radius 1 is 0.778 bits per heavy atom. The first-order valence-corrected chi connectivity index (χ1v) is 19.5. The average molecular weight is 637 g/mol. The Kier molecular flexibility index (Phi) is 17.7. The standard InChI is InChI=1S/C38H76N4O3/c1-6-8-23-42-24-9-13-29(3)31-14-15-32-36(34(7-2)44-26-11-21-40)33(28-35(38(31,32)5)45-27-12-22-41)37(4)18-16-30(17-19-37)43-25-10-20-39/h29-36,42H,6-28,39-41H2,1-5H3/t29-,30?,31-,32+,33+,34-,35+,36?,37?,38?/m1/s1. The molecule has 266 valence electrons. The summed E-state index contributed by atoms with van der Waals surface area (Å²) in [5.41, 5.74) is 18.1. The number of nitrogens with two attached hydrogens (primary N) is 3. The van der Waals surface area contributed by atoms with Gasteiger partial charge in [-0.1, -0.05) is 41.0 Å². The van der Waals surface area contributed by atoms with Gasteiger partial charge in [0.1, 0.15) is 0 Å². The molecule has 7 N–H and O–H groups in total. The van der Waals surface area contributed by atoms with E-state index in [0.29, 0.717) is 55.3 Å². The Labute approximate surface area is 278 Å². The summed E-state index contributed by atoms with van der Waals surface area (Å²) in [6, 6.07) is 0. The lowest BCUT2D eigenvalue weighted by Gasteiger charge is -2.60. The lowest BCUT2D eigenvalue weighted by atomic mass is 9.48. The Morgan fingerprint density at radius 3 is 2.07 bits per heavy atom. The zero-order valence-electron chi connectivity index (χ0n) is 30.3. The molecule has 3 saturated carbocycles. The zero-order valence-corrected chi connectivity index (χ0v) is 30.3. The van der Waals surface area contributed by atoms with Crippen molar-refractivity contribution in [2.45, 2.75) is 149 Å². The van der Waals surface area contributed by atoms with Gasteiger partial charge in [-0.05, 0) is 158 Å². The van der Waals surface area contributed by atoms with Crippen molar-refractivity contribution in [1.82, 2.24) is 5.32 Å². The normalized spacial score (nSPS) is 34.9. The average Bonchev–Trinajstić information content (AvgIpc) is 3.40. The molecule has 0 saturated heterocycles. The SMILES string of the molecule is CCCCNCCC[C@@H](C)[C@H]1CC[C@H]2C([C@@H](CC)OCCCN)[C@@H](C3(C)CCC(OCCCN)CC3)C[C@H](OCCCN)C12C. The number of unbranched alkanes of at least 4 members (excludes halogenated alkanes) is 1. The van der Waals surface area contributed by atoms with Crippen LogP contribution in [-0.4, -0.2) is 70.9 Å². The van der Waals surface area contributed by atoms with Crippen molar-refractivity contribution in [2.24, 2.45) is 57.6 Å². The molecule has 45 heavy (non-hydrogen) atoms. The maximum absolute atomic E-state index is 7.02. The summed E-state index contributed by atoms with van der Waals surface area (Å²) in [6.45, 7) is 19.1. The lowest BCUT2D eigenvalue weighted by Crippen LogP contribution is -2.59. The van der Waals surface area contributed by atoms with Gasteiger partial charge >= 0.3 is 0 Å². The molecule has 0 aliphatic heterocycles. The van der Waals surface area contributed by atoms with Crippen LogP contribution in [0.25, 0.3) is 0 Å². The van der Waals surface area contributed by atoms with Crippen molar-refractivity contribution in [2.75, 3.05) is 52.5 Å². The van der Waals surface area contributed by atoms with Gasteiger partial charge in [-0.25, -0.2) is 0 Å². The molecule has 0 amide bonds. The first-order chi connectivity index (χ1) is 21.8. The Bertz CT molecular complexity index is 778. The molecule has 0 aromatic rings. The molecule has 0 aromatic carbocycles. The second kappa shape index (κ2) is 20.3. The number of hydrogen-bond acceptors (Lipinski definition) is 7. The number of fused-ring (bicyclic) bond motifs is 1. The molecule has 3 aliphatic carbocycles. The van der Waals surface area contributed by atoms with Crippen LogP contribution >= 0.6 is 0 Å². The Balaban J connectivity index is 1.88. The maximum Gasteiger partial charge on any atom is 0.0637 e. The van der Waals surface area contributed by atoms with Crippen LogP contribution in [0.1, 0.15) is 131 Å². The Hall–Kier alpha value is -0.280. The van der Waals surface area contributed by atoms with Crippen LogP contribution in [0.2, 0.25) is 0 Å².